The van der Waals surface area contributed by atoms with Gasteiger partial charge in [0.15, 0.2) is 0 Å². The van der Waals surface area contributed by atoms with Gasteiger partial charge in [-0.05, 0) is 51.3 Å². The Balaban J connectivity index is 2.02. The van der Waals surface area contributed by atoms with Crippen molar-refractivity contribution in [1.82, 2.24) is 5.32 Å². The van der Waals surface area contributed by atoms with E-state index in [1.165, 1.54) is 6.07 Å². The average Bonchev–Trinajstić information content (AvgIpc) is 2.98. The van der Waals surface area contributed by atoms with E-state index in [-0.39, 0.29) is 16.4 Å². The summed E-state index contributed by atoms with van der Waals surface area (Å²) in [5, 5.41) is 5.07. The number of amides is 3. The molecule has 2 aromatic rings. The Kier molecular flexibility index (Phi) is 10.3. The molecule has 0 bridgehead atoms. The summed E-state index contributed by atoms with van der Waals surface area (Å²) < 4.78 is 77.4. The fourth-order valence-electron chi connectivity index (χ4n) is 4.88. The number of aryl methyl sites for hydroxylation is 2. The summed E-state index contributed by atoms with van der Waals surface area (Å²) in [7, 11) is 0. The summed E-state index contributed by atoms with van der Waals surface area (Å²) in [5.41, 5.74) is 8.46. The molecule has 0 aromatic heterocycles. The fourth-order valence-corrected chi connectivity index (χ4v) is 5.10. The van der Waals surface area contributed by atoms with Crippen LogP contribution in [0.15, 0.2) is 41.4 Å². The Morgan fingerprint density at radius 1 is 1.00 bits per heavy atom. The highest BCUT2D eigenvalue weighted by Crippen LogP contribution is 2.33. The normalized spacial score (nSPS) is 16.9. The number of primary amides is 1. The zero-order chi connectivity index (χ0) is 31.4. The maximum atomic E-state index is 13.4. The van der Waals surface area contributed by atoms with Gasteiger partial charge in [0.1, 0.15) is 0 Å². The minimum atomic E-state index is -4.71. The van der Waals surface area contributed by atoms with E-state index in [0.29, 0.717) is 11.1 Å². The molecule has 2 aromatic carbocycles. The predicted octanol–water partition coefficient (Wildman–Crippen LogP) is 5.98. The van der Waals surface area contributed by atoms with E-state index >= 15 is 0 Å². The maximum Gasteiger partial charge on any atom is 0.389 e. The van der Waals surface area contributed by atoms with Crippen molar-refractivity contribution in [2.75, 3.05) is 5.32 Å². The first-order valence-corrected chi connectivity index (χ1v) is 13.3. The molecular weight excluding hydrogens is 590 g/mol. The molecule has 0 saturated carbocycles. The number of benzodiazepines with no additional fused rings is 1. The molecule has 42 heavy (non-hydrogen) atoms. The van der Waals surface area contributed by atoms with E-state index in [9.17, 15) is 40.7 Å². The summed E-state index contributed by atoms with van der Waals surface area (Å²) in [6.07, 6.45) is -16.0. The Morgan fingerprint density at radius 2 is 1.62 bits per heavy atom. The van der Waals surface area contributed by atoms with Gasteiger partial charge in [-0.15, -0.1) is 0 Å². The van der Waals surface area contributed by atoms with Crippen LogP contribution in [0.1, 0.15) is 54.4 Å². The number of rotatable bonds is 10. The number of alkyl halides is 6. The van der Waals surface area contributed by atoms with Crippen LogP contribution in [0.25, 0.3) is 0 Å². The number of aliphatic imine (C=N–C) groups is 1. The van der Waals surface area contributed by atoms with Gasteiger partial charge in [0.25, 0.3) is 5.91 Å². The average molecular weight is 619 g/mol. The van der Waals surface area contributed by atoms with Gasteiger partial charge in [0.2, 0.25) is 18.0 Å². The third-order valence-electron chi connectivity index (χ3n) is 6.70. The summed E-state index contributed by atoms with van der Waals surface area (Å²) >= 11 is 6.35. The zero-order valence-electron chi connectivity index (χ0n) is 22.6. The van der Waals surface area contributed by atoms with Crippen LogP contribution in [0.4, 0.5) is 32.0 Å². The molecule has 1 aliphatic heterocycles. The minimum absolute atomic E-state index is 0.163. The lowest BCUT2D eigenvalue weighted by Crippen LogP contribution is -2.48. The zero-order valence-corrected chi connectivity index (χ0v) is 23.4. The third kappa shape index (κ3) is 8.94. The molecule has 0 aliphatic carbocycles. The van der Waals surface area contributed by atoms with E-state index in [4.69, 9.17) is 17.3 Å². The monoisotopic (exact) mass is 618 g/mol. The lowest BCUT2D eigenvalue weighted by molar-refractivity contribution is -0.147. The number of fused-ring (bicyclic) bond motifs is 1. The number of nitrogens with two attached hydrogens (primary N) is 1. The van der Waals surface area contributed by atoms with Gasteiger partial charge in [-0.3, -0.25) is 14.4 Å². The second kappa shape index (κ2) is 13.1. The van der Waals surface area contributed by atoms with E-state index in [1.54, 1.807) is 24.3 Å². The van der Waals surface area contributed by atoms with Crippen LogP contribution in [0.3, 0.4) is 0 Å². The molecule has 3 rings (SSSR count). The smallest absolute Gasteiger partial charge is 0.369 e. The number of nitrogens with zero attached hydrogens (tertiary/aromatic N) is 1. The number of carbonyl (C=O) groups excluding carboxylic acids is 3. The molecule has 3 atom stereocenters. The number of para-hydroxylation sites is 1. The van der Waals surface area contributed by atoms with Crippen molar-refractivity contribution in [3.05, 3.63) is 63.7 Å². The molecule has 14 heteroatoms. The van der Waals surface area contributed by atoms with Gasteiger partial charge in [0, 0.05) is 35.8 Å². The van der Waals surface area contributed by atoms with E-state index in [1.807, 2.05) is 19.9 Å². The minimum Gasteiger partial charge on any atom is -0.369 e. The molecule has 1 aliphatic rings. The Hall–Kier alpha value is -3.61. The highest BCUT2D eigenvalue weighted by atomic mass is 35.5. The molecule has 7 nitrogen and oxygen atoms in total. The quantitative estimate of drug-likeness (QED) is 0.285. The van der Waals surface area contributed by atoms with Crippen molar-refractivity contribution in [3.8, 4) is 0 Å². The predicted molar refractivity (Wildman–Crippen MR) is 145 cm³/mol. The molecule has 0 fully saturated rings. The van der Waals surface area contributed by atoms with E-state index in [0.717, 1.165) is 11.1 Å². The first-order chi connectivity index (χ1) is 19.4. The van der Waals surface area contributed by atoms with Crippen molar-refractivity contribution in [2.45, 2.75) is 64.5 Å². The Labute approximate surface area is 242 Å². The molecule has 228 valence electrons. The summed E-state index contributed by atoms with van der Waals surface area (Å²) in [6.45, 7) is 3.68. The SMILES string of the molecule is Cc1cc(C)cc(C2=NC(NC(=O)[C@@H](CCCC(F)(F)F)[C@@H](CCC(F)(F)F)C(N)=O)C(=O)Nc3c(Cl)cccc32)c1. The Morgan fingerprint density at radius 3 is 2.19 bits per heavy atom. The number of hydrogen-bond acceptors (Lipinski definition) is 4. The second-order valence-electron chi connectivity index (χ2n) is 10.2. The summed E-state index contributed by atoms with van der Waals surface area (Å²) in [6, 6.07) is 10.3. The van der Waals surface area contributed by atoms with Gasteiger partial charge in [0.05, 0.1) is 16.4 Å². The first-order valence-electron chi connectivity index (χ1n) is 12.9. The standard InChI is InChI=1S/C28H29ClF6N4O3/c1-14-11-15(2)13-16(12-14)21-19-5-3-7-20(29)22(19)38-26(42)24(37-21)39-25(41)18(6-4-9-27(30,31)32)17(23(36)40)8-10-28(33,34)35/h3,5,7,11-13,17-18,24H,4,6,8-10H2,1-2H3,(H2,36,40)(H,38,42)(H,39,41)/t17-,18+,24?/m1/s1. The highest BCUT2D eigenvalue weighted by molar-refractivity contribution is 6.36. The van der Waals surface area contributed by atoms with Gasteiger partial charge in [-0.2, -0.15) is 26.3 Å². The van der Waals surface area contributed by atoms with Crippen LogP contribution < -0.4 is 16.4 Å². The molecule has 0 radical (unpaired) electrons. The van der Waals surface area contributed by atoms with Gasteiger partial charge < -0.3 is 16.4 Å². The van der Waals surface area contributed by atoms with E-state index in [2.05, 4.69) is 15.6 Å². The van der Waals surface area contributed by atoms with Gasteiger partial charge >= 0.3 is 12.4 Å². The van der Waals surface area contributed by atoms with Crippen LogP contribution in [0.2, 0.25) is 5.02 Å². The lowest BCUT2D eigenvalue weighted by Gasteiger charge is -2.26. The largest absolute Gasteiger partial charge is 0.389 e. The topological polar surface area (TPSA) is 114 Å². The number of nitrogens with one attached hydrogen (secondary N) is 2. The first kappa shape index (κ1) is 32.9. The van der Waals surface area contributed by atoms with Gasteiger partial charge in [-0.1, -0.05) is 40.9 Å². The van der Waals surface area contributed by atoms with Crippen molar-refractivity contribution >= 4 is 40.7 Å². The highest BCUT2D eigenvalue weighted by Gasteiger charge is 2.39. The van der Waals surface area contributed by atoms with E-state index < -0.39 is 80.2 Å². The van der Waals surface area contributed by atoms with Crippen LogP contribution >= 0.6 is 11.6 Å². The van der Waals surface area contributed by atoms with Crippen molar-refractivity contribution in [2.24, 2.45) is 22.6 Å². The second-order valence-corrected chi connectivity index (χ2v) is 10.6. The van der Waals surface area contributed by atoms with Crippen molar-refractivity contribution in [3.63, 3.8) is 0 Å². The molecule has 1 unspecified atom stereocenters. The third-order valence-corrected chi connectivity index (χ3v) is 7.01. The maximum absolute atomic E-state index is 13.4. The number of anilines is 1. The number of carbonyl (C=O) groups is 3. The molecular formula is C28H29ClF6N4O3. The molecule has 1 heterocycles. The molecule has 0 saturated heterocycles. The van der Waals surface area contributed by atoms with Crippen LogP contribution in [0.5, 0.6) is 0 Å². The fraction of sp³-hybridized carbons (Fsp3) is 0.429. The van der Waals surface area contributed by atoms with Crippen molar-refractivity contribution < 1.29 is 40.7 Å². The molecule has 3 amide bonds. The van der Waals surface area contributed by atoms with Crippen molar-refractivity contribution in [1.29, 1.82) is 0 Å². The number of hydrogen-bond donors (Lipinski definition) is 3. The number of halogens is 7. The summed E-state index contributed by atoms with van der Waals surface area (Å²) in [4.78, 5) is 43.3. The molecule has 4 N–H and O–H groups in total. The Bertz CT molecular complexity index is 1360. The van der Waals surface area contributed by atoms with Gasteiger partial charge in [-0.25, -0.2) is 4.99 Å². The number of benzene rings is 2. The lowest BCUT2D eigenvalue weighted by atomic mass is 9.83. The molecule has 0 spiro atoms. The van der Waals surface area contributed by atoms with Crippen LogP contribution in [-0.2, 0) is 14.4 Å². The van der Waals surface area contributed by atoms with Crippen LogP contribution in [0, 0.1) is 25.7 Å². The summed E-state index contributed by atoms with van der Waals surface area (Å²) in [5.74, 6) is -6.71. The van der Waals surface area contributed by atoms with Crippen LogP contribution in [-0.4, -0.2) is 42.0 Å².